The molecular formula is C13H17N3OS. The van der Waals surface area contributed by atoms with Crippen molar-refractivity contribution in [2.24, 2.45) is 5.73 Å². The predicted molar refractivity (Wildman–Crippen MR) is 75.8 cm³/mol. The number of amides is 1. The van der Waals surface area contributed by atoms with E-state index < -0.39 is 6.04 Å². The highest BCUT2D eigenvalue weighted by molar-refractivity contribution is 7.16. The van der Waals surface area contributed by atoms with Gasteiger partial charge in [0.2, 0.25) is 5.91 Å². The van der Waals surface area contributed by atoms with Crippen molar-refractivity contribution in [1.29, 1.82) is 0 Å². The smallest absolute Gasteiger partial charge is 0.241 e. The molecule has 0 aliphatic rings. The van der Waals surface area contributed by atoms with Crippen molar-refractivity contribution in [2.75, 3.05) is 5.32 Å². The van der Waals surface area contributed by atoms with Crippen LogP contribution in [0.3, 0.4) is 0 Å². The number of aromatic nitrogens is 1. The second-order valence-electron chi connectivity index (χ2n) is 4.27. The number of nitrogens with zero attached hydrogens (tertiary/aromatic N) is 1. The van der Waals surface area contributed by atoms with Crippen LogP contribution in [0.25, 0.3) is 10.2 Å². The van der Waals surface area contributed by atoms with Gasteiger partial charge in [-0.25, -0.2) is 4.98 Å². The Labute approximate surface area is 110 Å². The topological polar surface area (TPSA) is 68.0 Å². The molecule has 0 fully saturated rings. The lowest BCUT2D eigenvalue weighted by atomic mass is 10.1. The van der Waals surface area contributed by atoms with E-state index in [-0.39, 0.29) is 5.91 Å². The lowest BCUT2D eigenvalue weighted by Crippen LogP contribution is -2.35. The molecule has 2 rings (SSSR count). The Bertz CT molecular complexity index is 538. The van der Waals surface area contributed by atoms with Crippen molar-refractivity contribution >= 4 is 33.1 Å². The first-order valence-electron chi connectivity index (χ1n) is 6.10. The van der Waals surface area contributed by atoms with Crippen LogP contribution in [0.5, 0.6) is 0 Å². The van der Waals surface area contributed by atoms with Gasteiger partial charge in [-0.05, 0) is 24.6 Å². The van der Waals surface area contributed by atoms with E-state index in [2.05, 4.69) is 17.2 Å². The van der Waals surface area contributed by atoms with E-state index >= 15 is 0 Å². The van der Waals surface area contributed by atoms with Gasteiger partial charge in [-0.2, -0.15) is 0 Å². The number of carbonyl (C=O) groups excluding carboxylic acids is 1. The molecule has 1 atom stereocenters. The Morgan fingerprint density at radius 3 is 3.17 bits per heavy atom. The minimum Gasteiger partial charge on any atom is -0.325 e. The lowest BCUT2D eigenvalue weighted by molar-refractivity contribution is -0.117. The number of rotatable bonds is 5. The molecule has 1 heterocycles. The Morgan fingerprint density at radius 1 is 1.56 bits per heavy atom. The molecule has 18 heavy (non-hydrogen) atoms. The molecule has 0 aliphatic heterocycles. The zero-order valence-electron chi connectivity index (χ0n) is 10.3. The number of nitrogens with two attached hydrogens (primary N) is 1. The summed E-state index contributed by atoms with van der Waals surface area (Å²) in [6, 6.07) is 5.25. The molecule has 96 valence electrons. The molecule has 5 heteroatoms. The number of unbranched alkanes of at least 4 members (excludes halogenated alkanes) is 1. The van der Waals surface area contributed by atoms with Crippen molar-refractivity contribution < 1.29 is 4.79 Å². The van der Waals surface area contributed by atoms with E-state index in [9.17, 15) is 4.79 Å². The quantitative estimate of drug-likeness (QED) is 0.871. The summed E-state index contributed by atoms with van der Waals surface area (Å²) in [7, 11) is 0. The van der Waals surface area contributed by atoms with Crippen molar-refractivity contribution in [3.05, 3.63) is 23.7 Å². The molecule has 4 nitrogen and oxygen atoms in total. The SMILES string of the molecule is CCCC[C@H](N)C(=O)Nc1ccc2ncsc2c1. The number of benzene rings is 1. The Morgan fingerprint density at radius 2 is 2.39 bits per heavy atom. The summed E-state index contributed by atoms with van der Waals surface area (Å²) in [5.74, 6) is -0.118. The maximum absolute atomic E-state index is 11.8. The first-order valence-corrected chi connectivity index (χ1v) is 6.98. The van der Waals surface area contributed by atoms with Crippen molar-refractivity contribution in [3.8, 4) is 0 Å². The molecule has 0 spiro atoms. The third kappa shape index (κ3) is 3.05. The predicted octanol–water partition coefficient (Wildman–Crippen LogP) is 2.75. The van der Waals surface area contributed by atoms with Gasteiger partial charge in [-0.3, -0.25) is 4.79 Å². The maximum Gasteiger partial charge on any atom is 0.241 e. The van der Waals surface area contributed by atoms with Gasteiger partial charge in [-0.1, -0.05) is 19.8 Å². The maximum atomic E-state index is 11.8. The molecule has 0 unspecified atom stereocenters. The number of nitrogens with one attached hydrogen (secondary N) is 1. The van der Waals surface area contributed by atoms with Crippen molar-refractivity contribution in [3.63, 3.8) is 0 Å². The summed E-state index contributed by atoms with van der Waals surface area (Å²) in [4.78, 5) is 16.0. The summed E-state index contributed by atoms with van der Waals surface area (Å²) in [6.45, 7) is 2.09. The summed E-state index contributed by atoms with van der Waals surface area (Å²) in [5.41, 5.74) is 9.35. The molecule has 2 aromatic rings. The molecule has 0 radical (unpaired) electrons. The van der Waals surface area contributed by atoms with Crippen LogP contribution in [-0.4, -0.2) is 16.9 Å². The lowest BCUT2D eigenvalue weighted by Gasteiger charge is -2.11. The van der Waals surface area contributed by atoms with E-state index in [4.69, 9.17) is 5.73 Å². The number of anilines is 1. The van der Waals surface area contributed by atoms with Crippen LogP contribution >= 0.6 is 11.3 Å². The van der Waals surface area contributed by atoms with E-state index in [1.165, 1.54) is 0 Å². The zero-order valence-corrected chi connectivity index (χ0v) is 11.2. The molecule has 0 aliphatic carbocycles. The average molecular weight is 263 g/mol. The minimum absolute atomic E-state index is 0.118. The molecule has 3 N–H and O–H groups in total. The fourth-order valence-corrected chi connectivity index (χ4v) is 2.44. The van der Waals surface area contributed by atoms with E-state index in [1.807, 2.05) is 18.2 Å². The fraction of sp³-hybridized carbons (Fsp3) is 0.385. The summed E-state index contributed by atoms with van der Waals surface area (Å²) in [6.07, 6.45) is 2.75. The molecule has 0 bridgehead atoms. The first-order chi connectivity index (χ1) is 8.70. The Hall–Kier alpha value is -1.46. The number of hydrogen-bond donors (Lipinski definition) is 2. The first kappa shape index (κ1) is 13.0. The molecular weight excluding hydrogens is 246 g/mol. The van der Waals surface area contributed by atoms with Gasteiger partial charge < -0.3 is 11.1 Å². The molecule has 0 saturated heterocycles. The fourth-order valence-electron chi connectivity index (χ4n) is 1.72. The van der Waals surface area contributed by atoms with Crippen LogP contribution in [0.1, 0.15) is 26.2 Å². The molecule has 1 aromatic carbocycles. The minimum atomic E-state index is -0.429. The average Bonchev–Trinajstić information content (AvgIpc) is 2.83. The molecule has 1 aromatic heterocycles. The van der Waals surface area contributed by atoms with Gasteiger partial charge in [-0.15, -0.1) is 11.3 Å². The third-order valence-electron chi connectivity index (χ3n) is 2.80. The summed E-state index contributed by atoms with van der Waals surface area (Å²) >= 11 is 1.56. The van der Waals surface area contributed by atoms with Crippen molar-refractivity contribution in [1.82, 2.24) is 4.98 Å². The van der Waals surface area contributed by atoms with Gasteiger partial charge in [0, 0.05) is 5.69 Å². The van der Waals surface area contributed by atoms with Gasteiger partial charge in [0.25, 0.3) is 0 Å². The van der Waals surface area contributed by atoms with Crippen LogP contribution in [0, 0.1) is 0 Å². The third-order valence-corrected chi connectivity index (χ3v) is 3.60. The van der Waals surface area contributed by atoms with Crippen molar-refractivity contribution in [2.45, 2.75) is 32.2 Å². The van der Waals surface area contributed by atoms with Gasteiger partial charge in [0.1, 0.15) is 0 Å². The van der Waals surface area contributed by atoms with Crippen LogP contribution < -0.4 is 11.1 Å². The highest BCUT2D eigenvalue weighted by Gasteiger charge is 2.13. The molecule has 1 amide bonds. The van der Waals surface area contributed by atoms with Crippen LogP contribution in [0.2, 0.25) is 0 Å². The standard InChI is InChI=1S/C13H17N3OS/c1-2-3-4-10(14)13(17)16-9-5-6-11-12(7-9)18-8-15-11/h5-8,10H,2-4,14H2,1H3,(H,16,17)/t10-/m0/s1. The van der Waals surface area contributed by atoms with Gasteiger partial charge >= 0.3 is 0 Å². The summed E-state index contributed by atoms with van der Waals surface area (Å²) in [5, 5.41) is 2.85. The number of carbonyl (C=O) groups is 1. The van der Waals surface area contributed by atoms with E-state index in [0.29, 0.717) is 0 Å². The number of thiazole rings is 1. The number of fused-ring (bicyclic) bond motifs is 1. The largest absolute Gasteiger partial charge is 0.325 e. The van der Waals surface area contributed by atoms with Gasteiger partial charge in [0.15, 0.2) is 0 Å². The Kier molecular flexibility index (Phi) is 4.28. The summed E-state index contributed by atoms with van der Waals surface area (Å²) < 4.78 is 1.06. The second-order valence-corrected chi connectivity index (χ2v) is 5.16. The van der Waals surface area contributed by atoms with E-state index in [1.54, 1.807) is 16.8 Å². The second kappa shape index (κ2) is 5.93. The number of hydrogen-bond acceptors (Lipinski definition) is 4. The zero-order chi connectivity index (χ0) is 13.0. The molecule has 0 saturated carbocycles. The monoisotopic (exact) mass is 263 g/mol. The van der Waals surface area contributed by atoms with Crippen LogP contribution in [0.15, 0.2) is 23.7 Å². The van der Waals surface area contributed by atoms with E-state index in [0.717, 1.165) is 35.2 Å². The van der Waals surface area contributed by atoms with Crippen LogP contribution in [-0.2, 0) is 4.79 Å². The highest BCUT2D eigenvalue weighted by Crippen LogP contribution is 2.21. The highest BCUT2D eigenvalue weighted by atomic mass is 32.1. The normalized spacial score (nSPS) is 12.6. The Balaban J connectivity index is 2.01. The van der Waals surface area contributed by atoms with Crippen LogP contribution in [0.4, 0.5) is 5.69 Å². The van der Waals surface area contributed by atoms with Gasteiger partial charge in [0.05, 0.1) is 21.8 Å².